The molecule has 1 aliphatic heterocycles. The van der Waals surface area contributed by atoms with E-state index in [1.807, 2.05) is 17.4 Å². The summed E-state index contributed by atoms with van der Waals surface area (Å²) in [5.74, 6) is 1.77. The fraction of sp³-hybridized carbons (Fsp3) is 0. The highest BCUT2D eigenvalue weighted by Crippen LogP contribution is 2.51. The van der Waals surface area contributed by atoms with Crippen molar-refractivity contribution in [2.24, 2.45) is 0 Å². The van der Waals surface area contributed by atoms with E-state index in [1.165, 1.54) is 58.4 Å². The Labute approximate surface area is 232 Å². The smallest absolute Gasteiger partial charge is 0.154 e. The lowest BCUT2D eigenvalue weighted by Gasteiger charge is -2.21. The van der Waals surface area contributed by atoms with Gasteiger partial charge in [-0.25, -0.2) is 0 Å². The lowest BCUT2D eigenvalue weighted by atomic mass is 10.0. The van der Waals surface area contributed by atoms with Crippen LogP contribution in [0.4, 0.5) is 0 Å². The van der Waals surface area contributed by atoms with Crippen LogP contribution in [0, 0.1) is 0 Å². The van der Waals surface area contributed by atoms with Gasteiger partial charge in [0.05, 0.1) is 38.1 Å². The molecule has 0 radical (unpaired) electrons. The first-order valence-corrected chi connectivity index (χ1v) is 14.4. The molecule has 0 atom stereocenters. The van der Waals surface area contributed by atoms with Gasteiger partial charge in [0.1, 0.15) is 0 Å². The summed E-state index contributed by atoms with van der Waals surface area (Å²) >= 11 is 1.87. The molecule has 4 heterocycles. The standard InChI is InChI=1S/C36H20N2OS/c1-4-14-25-23(11-1)33-29(37(25)28-17-9-13-22-21-10-3-8-19-32(21)40-36(22)28)20-31-35-34(33)24-12-2-5-15-26(24)38(35)27-16-6-7-18-30(27)39-31/h1-20H. The van der Waals surface area contributed by atoms with Crippen LogP contribution in [0.5, 0.6) is 11.5 Å². The Hall–Kier alpha value is -5.06. The predicted molar refractivity (Wildman–Crippen MR) is 168 cm³/mol. The molecule has 0 bridgehead atoms. The SMILES string of the molecule is c1ccc2c(c1)Oc1cc3c(c4ccccc4n3-c3cccc4c3sc3ccccc34)c3c4ccccc4n-2c13. The third kappa shape index (κ3) is 2.46. The topological polar surface area (TPSA) is 19.1 Å². The third-order valence-electron chi connectivity index (χ3n) is 8.49. The van der Waals surface area contributed by atoms with Gasteiger partial charge in [-0.1, -0.05) is 78.9 Å². The Bertz CT molecular complexity index is 2530. The maximum absolute atomic E-state index is 6.68. The van der Waals surface area contributed by atoms with Gasteiger partial charge in [0.25, 0.3) is 0 Å². The van der Waals surface area contributed by atoms with Gasteiger partial charge in [0.15, 0.2) is 11.5 Å². The zero-order valence-corrected chi connectivity index (χ0v) is 22.1. The maximum Gasteiger partial charge on any atom is 0.154 e. The molecule has 0 saturated carbocycles. The van der Waals surface area contributed by atoms with Crippen molar-refractivity contribution >= 4 is 75.1 Å². The van der Waals surface area contributed by atoms with Crippen molar-refractivity contribution in [2.75, 3.05) is 0 Å². The third-order valence-corrected chi connectivity index (χ3v) is 9.70. The molecule has 1 aliphatic rings. The van der Waals surface area contributed by atoms with Crippen molar-refractivity contribution in [2.45, 2.75) is 0 Å². The van der Waals surface area contributed by atoms with Crippen LogP contribution in [0.25, 0.3) is 75.2 Å². The first kappa shape index (κ1) is 20.8. The molecule has 9 aromatic rings. The second-order valence-electron chi connectivity index (χ2n) is 10.5. The normalized spacial score (nSPS) is 12.7. The van der Waals surface area contributed by atoms with E-state index in [9.17, 15) is 0 Å². The highest BCUT2D eigenvalue weighted by Gasteiger charge is 2.28. The van der Waals surface area contributed by atoms with Crippen LogP contribution in [-0.4, -0.2) is 9.13 Å². The van der Waals surface area contributed by atoms with Crippen molar-refractivity contribution in [3.05, 3.63) is 121 Å². The van der Waals surface area contributed by atoms with Crippen molar-refractivity contribution in [1.82, 2.24) is 9.13 Å². The zero-order valence-electron chi connectivity index (χ0n) is 21.3. The van der Waals surface area contributed by atoms with E-state index >= 15 is 0 Å². The number of nitrogens with zero attached hydrogens (tertiary/aromatic N) is 2. The van der Waals surface area contributed by atoms with Crippen LogP contribution in [0.2, 0.25) is 0 Å². The Morgan fingerprint density at radius 2 is 1.12 bits per heavy atom. The zero-order chi connectivity index (χ0) is 25.9. The largest absolute Gasteiger partial charge is 0.453 e. The van der Waals surface area contributed by atoms with Gasteiger partial charge >= 0.3 is 0 Å². The van der Waals surface area contributed by atoms with E-state index in [1.54, 1.807) is 0 Å². The Morgan fingerprint density at radius 1 is 0.475 bits per heavy atom. The van der Waals surface area contributed by atoms with Gasteiger partial charge in [-0.3, -0.25) is 0 Å². The van der Waals surface area contributed by atoms with Crippen LogP contribution in [0.15, 0.2) is 121 Å². The molecule has 186 valence electrons. The molecule has 4 heteroatoms. The molecule has 3 nitrogen and oxygen atoms in total. The molecule has 6 aromatic carbocycles. The minimum Gasteiger partial charge on any atom is -0.453 e. The number of para-hydroxylation sites is 4. The summed E-state index contributed by atoms with van der Waals surface area (Å²) in [4.78, 5) is 0. The summed E-state index contributed by atoms with van der Waals surface area (Å²) < 4.78 is 14.1. The lowest BCUT2D eigenvalue weighted by molar-refractivity contribution is 0.477. The summed E-state index contributed by atoms with van der Waals surface area (Å²) in [7, 11) is 0. The number of fused-ring (bicyclic) bond motifs is 12. The Kier molecular flexibility index (Phi) is 3.81. The Morgan fingerprint density at radius 3 is 2.00 bits per heavy atom. The number of aromatic nitrogens is 2. The number of benzene rings is 6. The summed E-state index contributed by atoms with van der Waals surface area (Å²) in [6.07, 6.45) is 0. The van der Waals surface area contributed by atoms with E-state index in [4.69, 9.17) is 4.74 Å². The van der Waals surface area contributed by atoms with Crippen LogP contribution >= 0.6 is 11.3 Å². The molecule has 10 rings (SSSR count). The molecule has 0 N–H and O–H groups in total. The highest BCUT2D eigenvalue weighted by atomic mass is 32.1. The summed E-state index contributed by atoms with van der Waals surface area (Å²) in [6, 6.07) is 43.6. The van der Waals surface area contributed by atoms with Crippen LogP contribution < -0.4 is 4.74 Å². The fourth-order valence-electron chi connectivity index (χ4n) is 6.92. The molecule has 0 amide bonds. The van der Waals surface area contributed by atoms with E-state index in [2.05, 4.69) is 124 Å². The van der Waals surface area contributed by atoms with Crippen molar-refractivity contribution in [3.8, 4) is 22.9 Å². The lowest BCUT2D eigenvalue weighted by Crippen LogP contribution is -2.04. The number of hydrogen-bond acceptors (Lipinski definition) is 2. The summed E-state index contributed by atoms with van der Waals surface area (Å²) in [5, 5.41) is 7.62. The van der Waals surface area contributed by atoms with Gasteiger partial charge in [-0.2, -0.15) is 0 Å². The molecular weight excluding hydrogens is 508 g/mol. The first-order chi connectivity index (χ1) is 19.9. The van der Waals surface area contributed by atoms with E-state index in [0.717, 1.165) is 28.2 Å². The van der Waals surface area contributed by atoms with Gasteiger partial charge in [0, 0.05) is 43.1 Å². The molecule has 0 fully saturated rings. The number of hydrogen-bond donors (Lipinski definition) is 0. The molecule has 0 aliphatic carbocycles. The van der Waals surface area contributed by atoms with Crippen LogP contribution in [-0.2, 0) is 0 Å². The molecule has 0 unspecified atom stereocenters. The van der Waals surface area contributed by atoms with Crippen molar-refractivity contribution < 1.29 is 4.74 Å². The van der Waals surface area contributed by atoms with Crippen molar-refractivity contribution in [3.63, 3.8) is 0 Å². The van der Waals surface area contributed by atoms with Gasteiger partial charge in [-0.15, -0.1) is 11.3 Å². The van der Waals surface area contributed by atoms with E-state index in [-0.39, 0.29) is 0 Å². The van der Waals surface area contributed by atoms with Crippen LogP contribution in [0.1, 0.15) is 0 Å². The minimum absolute atomic E-state index is 0.881. The molecule has 40 heavy (non-hydrogen) atoms. The second-order valence-corrected chi connectivity index (χ2v) is 11.6. The van der Waals surface area contributed by atoms with E-state index < -0.39 is 0 Å². The van der Waals surface area contributed by atoms with Crippen LogP contribution in [0.3, 0.4) is 0 Å². The summed E-state index contributed by atoms with van der Waals surface area (Å²) in [5.41, 5.74) is 6.99. The first-order valence-electron chi connectivity index (χ1n) is 13.5. The molecule has 0 saturated heterocycles. The average Bonchev–Trinajstić information content (AvgIpc) is 3.66. The summed E-state index contributed by atoms with van der Waals surface area (Å²) in [6.45, 7) is 0. The molecule has 3 aromatic heterocycles. The number of rotatable bonds is 1. The van der Waals surface area contributed by atoms with Gasteiger partial charge in [-0.05, 0) is 36.4 Å². The fourth-order valence-corrected chi connectivity index (χ4v) is 8.13. The monoisotopic (exact) mass is 528 g/mol. The average molecular weight is 529 g/mol. The molecule has 0 spiro atoms. The number of thiophene rings is 1. The van der Waals surface area contributed by atoms with Gasteiger partial charge < -0.3 is 13.9 Å². The van der Waals surface area contributed by atoms with Crippen molar-refractivity contribution in [1.29, 1.82) is 0 Å². The quantitative estimate of drug-likeness (QED) is 0.207. The van der Waals surface area contributed by atoms with Gasteiger partial charge in [0.2, 0.25) is 0 Å². The number of ether oxygens (including phenoxy) is 1. The predicted octanol–water partition coefficient (Wildman–Crippen LogP) is 10.4. The molecular formula is C36H20N2OS. The Balaban J connectivity index is 1.46. The minimum atomic E-state index is 0.881. The maximum atomic E-state index is 6.68. The highest BCUT2D eigenvalue weighted by molar-refractivity contribution is 7.26. The second kappa shape index (κ2) is 7.32. The van der Waals surface area contributed by atoms with E-state index in [0.29, 0.717) is 0 Å².